The van der Waals surface area contributed by atoms with Crippen LogP contribution in [-0.2, 0) is 16.8 Å². The Morgan fingerprint density at radius 3 is 2.30 bits per heavy atom. The topological polar surface area (TPSA) is 51.9 Å². The van der Waals surface area contributed by atoms with Gasteiger partial charge in [0.2, 0.25) is 5.91 Å². The number of aromatic nitrogens is 2. The van der Waals surface area contributed by atoms with E-state index in [1.807, 2.05) is 36.4 Å². The zero-order chi connectivity index (χ0) is 22.8. The third-order valence-electron chi connectivity index (χ3n) is 7.39. The molecule has 2 atom stereocenters. The number of amides is 1. The fourth-order valence-corrected chi connectivity index (χ4v) is 6.44. The van der Waals surface area contributed by atoms with Gasteiger partial charge in [0.15, 0.2) is 0 Å². The molecular weight excluding hydrogens is 426 g/mol. The highest BCUT2D eigenvalue weighted by molar-refractivity contribution is 7.07. The molecule has 0 aliphatic heterocycles. The van der Waals surface area contributed by atoms with E-state index in [0.717, 1.165) is 36.9 Å². The zero-order valence-electron chi connectivity index (χ0n) is 18.9. The van der Waals surface area contributed by atoms with E-state index < -0.39 is 5.41 Å². The van der Waals surface area contributed by atoms with Crippen molar-refractivity contribution in [1.29, 1.82) is 0 Å². The lowest BCUT2D eigenvalue weighted by atomic mass is 9.64. The summed E-state index contributed by atoms with van der Waals surface area (Å²) < 4.78 is 4.71. The third-order valence-corrected chi connectivity index (χ3v) is 8.12. The zero-order valence-corrected chi connectivity index (χ0v) is 19.7. The third kappa shape index (κ3) is 3.80. The summed E-state index contributed by atoms with van der Waals surface area (Å²) in [5, 5.41) is 4.33. The van der Waals surface area contributed by atoms with Crippen LogP contribution in [0.15, 0.2) is 89.9 Å². The normalized spacial score (nSPS) is 18.5. The summed E-state index contributed by atoms with van der Waals surface area (Å²) in [6, 6.07) is 22.8. The monoisotopic (exact) mass is 456 g/mol. The van der Waals surface area contributed by atoms with Gasteiger partial charge in [0.25, 0.3) is 5.82 Å². The molecule has 2 heterocycles. The number of hydrogen-bond donors (Lipinski definition) is 1. The minimum atomic E-state index is -0.828. The molecule has 1 fully saturated rings. The Morgan fingerprint density at radius 2 is 1.73 bits per heavy atom. The molecule has 0 bridgehead atoms. The summed E-state index contributed by atoms with van der Waals surface area (Å²) in [6.07, 6.45) is 7.29. The number of carbonyl (C=O) groups excluding carboxylic acids is 1. The van der Waals surface area contributed by atoms with Gasteiger partial charge in [-0.3, -0.25) is 4.79 Å². The number of hydrogen-bond acceptors (Lipinski definition) is 2. The van der Waals surface area contributed by atoms with Crippen LogP contribution in [-0.4, -0.2) is 10.5 Å². The van der Waals surface area contributed by atoms with Gasteiger partial charge in [-0.1, -0.05) is 60.7 Å². The first-order valence-electron chi connectivity index (χ1n) is 11.6. The second-order valence-electron chi connectivity index (χ2n) is 9.08. The highest BCUT2D eigenvalue weighted by Crippen LogP contribution is 2.49. The van der Waals surface area contributed by atoms with Gasteiger partial charge in [-0.25, -0.2) is 9.13 Å². The Balaban J connectivity index is 1.49. The van der Waals surface area contributed by atoms with Crippen molar-refractivity contribution in [2.45, 2.75) is 44.2 Å². The molecule has 2 aromatic carbocycles. The fraction of sp³-hybridized carbons (Fsp3) is 0.286. The van der Waals surface area contributed by atoms with Crippen molar-refractivity contribution in [3.8, 4) is 0 Å². The standard InChI is InChI=1S/C28H29N3OS/c1-21-30(19-22-14-17-33-20-22)15-16-31(21)26-13-12-25(18-26)28(27(29)32,23-8-4-2-5-9-23)24-10-6-3-7-11-24/h2-11,14-17,20,25-26H,12-13,18-19H2,1H3,(H-,29,32)/p+1. The number of carbonyl (C=O) groups is 1. The molecule has 2 unspecified atom stereocenters. The molecule has 2 N–H and O–H groups in total. The van der Waals surface area contributed by atoms with Crippen LogP contribution in [0.4, 0.5) is 0 Å². The van der Waals surface area contributed by atoms with E-state index in [1.165, 1.54) is 11.4 Å². The summed E-state index contributed by atoms with van der Waals surface area (Å²) >= 11 is 1.73. The maximum absolute atomic E-state index is 13.3. The summed E-state index contributed by atoms with van der Waals surface area (Å²) in [4.78, 5) is 13.3. The van der Waals surface area contributed by atoms with Crippen molar-refractivity contribution >= 4 is 17.2 Å². The smallest absolute Gasteiger partial charge is 0.253 e. The molecule has 0 spiro atoms. The summed E-state index contributed by atoms with van der Waals surface area (Å²) in [5.41, 5.74) is 8.75. The van der Waals surface area contributed by atoms with Crippen molar-refractivity contribution in [3.05, 3.63) is 112 Å². The molecule has 0 radical (unpaired) electrons. The van der Waals surface area contributed by atoms with Crippen LogP contribution < -0.4 is 10.3 Å². The molecule has 5 rings (SSSR count). The summed E-state index contributed by atoms with van der Waals surface area (Å²) in [6.45, 7) is 3.08. The van der Waals surface area contributed by atoms with Crippen LogP contribution in [0.25, 0.3) is 0 Å². The Hall–Kier alpha value is -3.18. The lowest BCUT2D eigenvalue weighted by Gasteiger charge is -2.37. The van der Waals surface area contributed by atoms with Crippen molar-refractivity contribution < 1.29 is 9.36 Å². The Kier molecular flexibility index (Phi) is 5.90. The van der Waals surface area contributed by atoms with Crippen LogP contribution in [0.3, 0.4) is 0 Å². The van der Waals surface area contributed by atoms with E-state index in [4.69, 9.17) is 5.73 Å². The van der Waals surface area contributed by atoms with E-state index in [-0.39, 0.29) is 11.8 Å². The van der Waals surface area contributed by atoms with Crippen molar-refractivity contribution in [2.24, 2.45) is 11.7 Å². The van der Waals surface area contributed by atoms with Gasteiger partial charge in [0.05, 0.1) is 0 Å². The molecule has 33 heavy (non-hydrogen) atoms. The number of rotatable bonds is 7. The minimum absolute atomic E-state index is 0.136. The Labute approximate surface area is 199 Å². The predicted molar refractivity (Wildman–Crippen MR) is 132 cm³/mol. The number of thiophene rings is 1. The fourth-order valence-electron chi connectivity index (χ4n) is 5.78. The number of nitrogens with zero attached hydrogens (tertiary/aromatic N) is 2. The number of imidazole rings is 1. The summed E-state index contributed by atoms with van der Waals surface area (Å²) in [5.74, 6) is 1.12. The first-order valence-corrected chi connectivity index (χ1v) is 12.5. The molecule has 4 nitrogen and oxygen atoms in total. The van der Waals surface area contributed by atoms with E-state index in [2.05, 4.69) is 69.5 Å². The average molecular weight is 457 g/mol. The number of benzene rings is 2. The second-order valence-corrected chi connectivity index (χ2v) is 9.86. The van der Waals surface area contributed by atoms with Crippen molar-refractivity contribution in [2.75, 3.05) is 0 Å². The van der Waals surface area contributed by atoms with E-state index in [0.29, 0.717) is 6.04 Å². The molecule has 1 amide bonds. The highest BCUT2D eigenvalue weighted by atomic mass is 32.1. The molecular formula is C28H30N3OS+. The Bertz CT molecular complexity index is 1180. The average Bonchev–Trinajstić information content (AvgIpc) is 3.59. The quantitative estimate of drug-likeness (QED) is 0.391. The molecule has 1 aliphatic rings. The van der Waals surface area contributed by atoms with Crippen LogP contribution in [0.5, 0.6) is 0 Å². The van der Waals surface area contributed by atoms with Gasteiger partial charge < -0.3 is 5.73 Å². The van der Waals surface area contributed by atoms with Gasteiger partial charge in [0, 0.05) is 12.5 Å². The maximum atomic E-state index is 13.3. The van der Waals surface area contributed by atoms with E-state index in [9.17, 15) is 4.79 Å². The predicted octanol–water partition coefficient (Wildman–Crippen LogP) is 5.01. The summed E-state index contributed by atoms with van der Waals surface area (Å²) in [7, 11) is 0. The molecule has 1 saturated carbocycles. The van der Waals surface area contributed by atoms with Crippen LogP contribution in [0.2, 0.25) is 0 Å². The highest BCUT2D eigenvalue weighted by Gasteiger charge is 2.51. The molecule has 1 aliphatic carbocycles. The van der Waals surface area contributed by atoms with Crippen molar-refractivity contribution in [3.63, 3.8) is 0 Å². The SMILES string of the molecule is Cc1n(C2CCC(C(C(N)=O)(c3ccccc3)c3ccccc3)C2)cc[n+]1Cc1ccsc1. The molecule has 5 heteroatoms. The van der Waals surface area contributed by atoms with Crippen LogP contribution in [0.1, 0.15) is 47.8 Å². The lowest BCUT2D eigenvalue weighted by molar-refractivity contribution is -0.694. The maximum Gasteiger partial charge on any atom is 0.253 e. The first kappa shape index (κ1) is 21.7. The van der Waals surface area contributed by atoms with Crippen LogP contribution >= 0.6 is 11.3 Å². The number of primary amides is 1. The van der Waals surface area contributed by atoms with Gasteiger partial charge in [-0.05, 0) is 53.1 Å². The molecule has 4 aromatic rings. The lowest BCUT2D eigenvalue weighted by Crippen LogP contribution is -2.47. The van der Waals surface area contributed by atoms with Gasteiger partial charge >= 0.3 is 0 Å². The van der Waals surface area contributed by atoms with Gasteiger partial charge in [-0.15, -0.1) is 0 Å². The first-order chi connectivity index (χ1) is 16.1. The number of nitrogens with two attached hydrogens (primary N) is 1. The molecule has 168 valence electrons. The van der Waals surface area contributed by atoms with E-state index in [1.54, 1.807) is 11.3 Å². The molecule has 2 aromatic heterocycles. The van der Waals surface area contributed by atoms with E-state index >= 15 is 0 Å². The van der Waals surface area contributed by atoms with Crippen LogP contribution in [0, 0.1) is 12.8 Å². The second kappa shape index (κ2) is 8.99. The largest absolute Gasteiger partial charge is 0.369 e. The van der Waals surface area contributed by atoms with Gasteiger partial charge in [0.1, 0.15) is 30.4 Å². The molecule has 0 saturated heterocycles. The van der Waals surface area contributed by atoms with Crippen molar-refractivity contribution in [1.82, 2.24) is 4.57 Å². The minimum Gasteiger partial charge on any atom is -0.369 e. The van der Waals surface area contributed by atoms with Gasteiger partial charge in [-0.2, -0.15) is 11.3 Å². The Morgan fingerprint density at radius 1 is 1.06 bits per heavy atom.